The van der Waals surface area contributed by atoms with E-state index in [9.17, 15) is 4.79 Å². The second kappa shape index (κ2) is 6.53. The zero-order valence-corrected chi connectivity index (χ0v) is 13.5. The highest BCUT2D eigenvalue weighted by molar-refractivity contribution is 7.14. The maximum absolute atomic E-state index is 12.3. The van der Waals surface area contributed by atoms with Gasteiger partial charge < -0.3 is 11.1 Å². The molecule has 108 valence electrons. The summed E-state index contributed by atoms with van der Waals surface area (Å²) in [6.07, 6.45) is 1.87. The van der Waals surface area contributed by atoms with Crippen LogP contribution in [0.1, 0.15) is 54.2 Å². The van der Waals surface area contributed by atoms with E-state index in [0.29, 0.717) is 12.5 Å². The molecule has 1 amide bonds. The van der Waals surface area contributed by atoms with E-state index in [-0.39, 0.29) is 11.4 Å². The number of carbonyl (C=O) groups excluding carboxylic acids is 1. The Hall–Kier alpha value is -0.870. The summed E-state index contributed by atoms with van der Waals surface area (Å²) < 4.78 is 0. The maximum atomic E-state index is 12.3. The third kappa shape index (κ3) is 4.32. The zero-order valence-electron chi connectivity index (χ0n) is 12.7. The second-order valence-electron chi connectivity index (χ2n) is 5.89. The summed E-state index contributed by atoms with van der Waals surface area (Å²) in [5.74, 6) is 0.506. The molecular formula is C15H26N2OS. The van der Waals surface area contributed by atoms with Crippen molar-refractivity contribution in [1.82, 2.24) is 5.32 Å². The van der Waals surface area contributed by atoms with Crippen LogP contribution < -0.4 is 11.1 Å². The lowest BCUT2D eigenvalue weighted by molar-refractivity contribution is 0.0902. The monoisotopic (exact) mass is 282 g/mol. The van der Waals surface area contributed by atoms with Crippen LogP contribution in [0.3, 0.4) is 0 Å². The molecule has 1 atom stereocenters. The largest absolute Gasteiger partial charge is 0.345 e. The van der Waals surface area contributed by atoms with Crippen molar-refractivity contribution in [2.45, 2.75) is 53.0 Å². The molecule has 19 heavy (non-hydrogen) atoms. The van der Waals surface area contributed by atoms with Crippen molar-refractivity contribution in [2.24, 2.45) is 11.7 Å². The Balaban J connectivity index is 2.82. The molecule has 0 radical (unpaired) electrons. The van der Waals surface area contributed by atoms with Crippen LogP contribution in [0.15, 0.2) is 6.07 Å². The molecule has 3 N–H and O–H groups in total. The highest BCUT2D eigenvalue weighted by Gasteiger charge is 2.27. The summed E-state index contributed by atoms with van der Waals surface area (Å²) in [5.41, 5.74) is 6.71. The number of hydrogen-bond donors (Lipinski definition) is 2. The highest BCUT2D eigenvalue weighted by atomic mass is 32.1. The Labute approximate surface area is 120 Å². The fourth-order valence-corrected chi connectivity index (χ4v) is 3.41. The Morgan fingerprint density at radius 1 is 1.53 bits per heavy atom. The SMILES string of the molecule is CCc1sc(C(=O)NC(C)(CN)CC(C)C)cc1C. The van der Waals surface area contributed by atoms with Gasteiger partial charge in [0.2, 0.25) is 0 Å². The average molecular weight is 282 g/mol. The molecule has 0 fully saturated rings. The Morgan fingerprint density at radius 3 is 2.58 bits per heavy atom. The topological polar surface area (TPSA) is 55.1 Å². The number of aryl methyl sites for hydroxylation is 2. The van der Waals surface area contributed by atoms with Crippen molar-refractivity contribution >= 4 is 17.2 Å². The lowest BCUT2D eigenvalue weighted by atomic mass is 9.90. The number of hydrogen-bond acceptors (Lipinski definition) is 3. The van der Waals surface area contributed by atoms with E-state index in [1.165, 1.54) is 10.4 Å². The molecule has 0 saturated heterocycles. The van der Waals surface area contributed by atoms with Crippen LogP contribution in [0, 0.1) is 12.8 Å². The number of carbonyl (C=O) groups is 1. The lowest BCUT2D eigenvalue weighted by Crippen LogP contribution is -2.52. The van der Waals surface area contributed by atoms with Crippen LogP contribution in [0.2, 0.25) is 0 Å². The van der Waals surface area contributed by atoms with E-state index in [0.717, 1.165) is 17.7 Å². The highest BCUT2D eigenvalue weighted by Crippen LogP contribution is 2.23. The van der Waals surface area contributed by atoms with Gasteiger partial charge in [-0.15, -0.1) is 11.3 Å². The van der Waals surface area contributed by atoms with Gasteiger partial charge in [0.1, 0.15) is 0 Å². The minimum absolute atomic E-state index is 0.00130. The first-order valence-corrected chi connectivity index (χ1v) is 7.75. The van der Waals surface area contributed by atoms with Gasteiger partial charge in [-0.2, -0.15) is 0 Å². The molecule has 4 heteroatoms. The maximum Gasteiger partial charge on any atom is 0.261 e. The Bertz CT molecular complexity index is 439. The molecular weight excluding hydrogens is 256 g/mol. The average Bonchev–Trinajstić information content (AvgIpc) is 2.69. The van der Waals surface area contributed by atoms with Crippen molar-refractivity contribution in [2.75, 3.05) is 6.54 Å². The summed E-state index contributed by atoms with van der Waals surface area (Å²) in [5, 5.41) is 3.10. The summed E-state index contributed by atoms with van der Waals surface area (Å²) >= 11 is 1.58. The molecule has 0 spiro atoms. The van der Waals surface area contributed by atoms with Crippen molar-refractivity contribution in [1.29, 1.82) is 0 Å². The first-order chi connectivity index (χ1) is 8.81. The molecule has 3 nitrogen and oxygen atoms in total. The number of thiophene rings is 1. The van der Waals surface area contributed by atoms with Crippen LogP contribution in [0.4, 0.5) is 0 Å². The van der Waals surface area contributed by atoms with Gasteiger partial charge in [-0.3, -0.25) is 4.79 Å². The first kappa shape index (κ1) is 16.2. The van der Waals surface area contributed by atoms with Crippen LogP contribution in [0.25, 0.3) is 0 Å². The molecule has 0 saturated carbocycles. The van der Waals surface area contributed by atoms with Crippen LogP contribution in [0.5, 0.6) is 0 Å². The molecule has 0 aromatic carbocycles. The minimum atomic E-state index is -0.324. The van der Waals surface area contributed by atoms with E-state index in [1.54, 1.807) is 11.3 Å². The quantitative estimate of drug-likeness (QED) is 0.842. The first-order valence-electron chi connectivity index (χ1n) is 6.93. The molecule has 1 aromatic heterocycles. The Kier molecular flexibility index (Phi) is 5.56. The van der Waals surface area contributed by atoms with E-state index < -0.39 is 0 Å². The molecule has 1 heterocycles. The van der Waals surface area contributed by atoms with E-state index in [4.69, 9.17) is 5.73 Å². The molecule has 0 aliphatic heterocycles. The second-order valence-corrected chi connectivity index (χ2v) is 7.02. The van der Waals surface area contributed by atoms with Gasteiger partial charge in [0, 0.05) is 11.4 Å². The summed E-state index contributed by atoms with van der Waals surface area (Å²) in [6.45, 7) is 10.9. The molecule has 0 aliphatic rings. The predicted octanol–water partition coefficient (Wildman–Crippen LogP) is 3.11. The summed E-state index contributed by atoms with van der Waals surface area (Å²) in [7, 11) is 0. The predicted molar refractivity (Wildman–Crippen MR) is 82.8 cm³/mol. The molecule has 1 aromatic rings. The summed E-state index contributed by atoms with van der Waals surface area (Å²) in [4.78, 5) is 14.4. The normalized spacial score (nSPS) is 14.5. The molecule has 0 bridgehead atoms. The third-order valence-electron chi connectivity index (χ3n) is 3.29. The van der Waals surface area contributed by atoms with E-state index in [1.807, 2.05) is 13.0 Å². The number of amides is 1. The minimum Gasteiger partial charge on any atom is -0.345 e. The zero-order chi connectivity index (χ0) is 14.6. The fourth-order valence-electron chi connectivity index (χ4n) is 2.40. The number of rotatable bonds is 6. The smallest absolute Gasteiger partial charge is 0.261 e. The molecule has 0 aliphatic carbocycles. The van der Waals surface area contributed by atoms with Crippen LogP contribution in [-0.2, 0) is 6.42 Å². The fraction of sp³-hybridized carbons (Fsp3) is 0.667. The molecule has 1 unspecified atom stereocenters. The van der Waals surface area contributed by atoms with Crippen LogP contribution >= 0.6 is 11.3 Å². The third-order valence-corrected chi connectivity index (χ3v) is 4.67. The van der Waals surface area contributed by atoms with Gasteiger partial charge in [0.05, 0.1) is 10.4 Å². The number of nitrogens with two attached hydrogens (primary N) is 1. The van der Waals surface area contributed by atoms with Crippen molar-refractivity contribution in [3.63, 3.8) is 0 Å². The lowest BCUT2D eigenvalue weighted by Gasteiger charge is -2.31. The van der Waals surface area contributed by atoms with Crippen molar-refractivity contribution in [3.8, 4) is 0 Å². The van der Waals surface area contributed by atoms with E-state index >= 15 is 0 Å². The summed E-state index contributed by atoms with van der Waals surface area (Å²) in [6, 6.07) is 1.98. The van der Waals surface area contributed by atoms with Gasteiger partial charge in [-0.1, -0.05) is 20.8 Å². The van der Waals surface area contributed by atoms with Crippen molar-refractivity contribution in [3.05, 3.63) is 21.4 Å². The van der Waals surface area contributed by atoms with Gasteiger partial charge in [0.15, 0.2) is 0 Å². The van der Waals surface area contributed by atoms with Gasteiger partial charge >= 0.3 is 0 Å². The van der Waals surface area contributed by atoms with Gasteiger partial charge in [-0.25, -0.2) is 0 Å². The molecule has 1 rings (SSSR count). The van der Waals surface area contributed by atoms with Crippen molar-refractivity contribution < 1.29 is 4.79 Å². The van der Waals surface area contributed by atoms with Gasteiger partial charge in [0.25, 0.3) is 5.91 Å². The van der Waals surface area contributed by atoms with Gasteiger partial charge in [-0.05, 0) is 44.2 Å². The standard InChI is InChI=1S/C15H26N2OS/c1-6-12-11(4)7-13(19-12)14(18)17-15(5,9-16)8-10(2)3/h7,10H,6,8-9,16H2,1-5H3,(H,17,18). The van der Waals surface area contributed by atoms with Crippen LogP contribution in [-0.4, -0.2) is 18.0 Å². The van der Waals surface area contributed by atoms with E-state index in [2.05, 4.69) is 33.0 Å². The number of nitrogens with one attached hydrogen (secondary N) is 1. The Morgan fingerprint density at radius 2 is 2.16 bits per heavy atom.